The second-order valence-corrected chi connectivity index (χ2v) is 4.50. The van der Waals surface area contributed by atoms with Gasteiger partial charge in [0.15, 0.2) is 0 Å². The van der Waals surface area contributed by atoms with Gasteiger partial charge in [-0.25, -0.2) is 4.79 Å². The molecule has 0 aliphatic heterocycles. The molecular weight excluding hydrogens is 256 g/mol. The summed E-state index contributed by atoms with van der Waals surface area (Å²) in [5.41, 5.74) is 2.91. The van der Waals surface area contributed by atoms with E-state index in [1.807, 2.05) is 12.2 Å². The predicted molar refractivity (Wildman–Crippen MR) is 71.8 cm³/mol. The highest BCUT2D eigenvalue weighted by Gasteiger charge is 2.18. The van der Waals surface area contributed by atoms with Crippen molar-refractivity contribution >= 4 is 12.0 Å². The first kappa shape index (κ1) is 12.1. The molecule has 2 N–H and O–H groups in total. The van der Waals surface area contributed by atoms with Crippen LogP contribution in [0.1, 0.15) is 27.2 Å². The summed E-state index contributed by atoms with van der Waals surface area (Å²) in [5.74, 6) is -1.47. The Morgan fingerprint density at radius 2 is 2.20 bits per heavy atom. The Hall–Kier alpha value is -3.00. The molecule has 20 heavy (non-hydrogen) atoms. The number of rotatable bonds is 2. The summed E-state index contributed by atoms with van der Waals surface area (Å²) in [5, 5.41) is 27.8. The summed E-state index contributed by atoms with van der Waals surface area (Å²) >= 11 is 0. The zero-order valence-electron chi connectivity index (χ0n) is 10.4. The van der Waals surface area contributed by atoms with Gasteiger partial charge in [-0.1, -0.05) is 6.08 Å². The summed E-state index contributed by atoms with van der Waals surface area (Å²) < 4.78 is 1.78. The van der Waals surface area contributed by atoms with Crippen LogP contribution in [0.25, 0.3) is 11.8 Å². The van der Waals surface area contributed by atoms with Gasteiger partial charge in [0.05, 0.1) is 11.3 Å². The number of benzene rings is 1. The maximum atomic E-state index is 10.9. The monoisotopic (exact) mass is 266 g/mol. The molecule has 0 spiro atoms. The Bertz CT molecular complexity index is 794. The first-order valence-electron chi connectivity index (χ1n) is 5.99. The van der Waals surface area contributed by atoms with Crippen molar-refractivity contribution in [3.8, 4) is 17.5 Å². The summed E-state index contributed by atoms with van der Waals surface area (Å²) in [6.45, 7) is 0. The molecule has 0 amide bonds. The highest BCUT2D eigenvalue weighted by molar-refractivity contribution is 5.91. The van der Waals surface area contributed by atoms with Crippen molar-refractivity contribution in [3.63, 3.8) is 0 Å². The molecule has 0 radical (unpaired) electrons. The average Bonchev–Trinajstić information content (AvgIpc) is 2.99. The molecule has 1 heterocycles. The molecule has 1 aliphatic rings. The molecule has 3 rings (SSSR count). The molecule has 0 saturated carbocycles. The van der Waals surface area contributed by atoms with Gasteiger partial charge in [-0.05, 0) is 30.2 Å². The number of phenols is 1. The largest absolute Gasteiger partial charge is 0.507 e. The molecule has 98 valence electrons. The van der Waals surface area contributed by atoms with Crippen LogP contribution < -0.4 is 0 Å². The average molecular weight is 266 g/mol. The Morgan fingerprint density at radius 1 is 1.40 bits per heavy atom. The fraction of sp³-hybridized carbons (Fsp3) is 0.0667. The third-order valence-electron chi connectivity index (χ3n) is 3.36. The number of aromatic hydroxyl groups is 1. The Kier molecular flexibility index (Phi) is 2.58. The topological polar surface area (TPSA) is 86.2 Å². The molecule has 0 bridgehead atoms. The molecule has 2 aromatic rings. The van der Waals surface area contributed by atoms with Crippen LogP contribution in [0.4, 0.5) is 0 Å². The number of fused-ring (bicyclic) bond motifs is 1. The smallest absolute Gasteiger partial charge is 0.339 e. The second kappa shape index (κ2) is 4.28. The molecule has 1 aromatic heterocycles. The number of hydrogen-bond acceptors (Lipinski definition) is 3. The molecule has 0 unspecified atom stereocenters. The lowest BCUT2D eigenvalue weighted by Crippen LogP contribution is -1.99. The molecule has 0 saturated heterocycles. The van der Waals surface area contributed by atoms with E-state index in [-0.39, 0.29) is 11.3 Å². The van der Waals surface area contributed by atoms with Gasteiger partial charge in [0.1, 0.15) is 17.4 Å². The van der Waals surface area contributed by atoms with Crippen LogP contribution in [0.5, 0.6) is 5.75 Å². The van der Waals surface area contributed by atoms with Crippen molar-refractivity contribution in [2.75, 3.05) is 0 Å². The van der Waals surface area contributed by atoms with Gasteiger partial charge in [-0.3, -0.25) is 0 Å². The van der Waals surface area contributed by atoms with Crippen LogP contribution in [-0.2, 0) is 6.42 Å². The third-order valence-corrected chi connectivity index (χ3v) is 3.36. The van der Waals surface area contributed by atoms with Gasteiger partial charge in [-0.2, -0.15) is 5.26 Å². The van der Waals surface area contributed by atoms with E-state index in [1.54, 1.807) is 16.8 Å². The number of hydrogen-bond donors (Lipinski definition) is 2. The van der Waals surface area contributed by atoms with Crippen molar-refractivity contribution in [2.45, 2.75) is 6.42 Å². The van der Waals surface area contributed by atoms with Crippen LogP contribution in [0.15, 0.2) is 30.5 Å². The van der Waals surface area contributed by atoms with Gasteiger partial charge in [0, 0.05) is 18.0 Å². The summed E-state index contributed by atoms with van der Waals surface area (Å²) in [6.07, 6.45) is 6.29. The molecule has 0 fully saturated rings. The Morgan fingerprint density at radius 3 is 2.85 bits per heavy atom. The van der Waals surface area contributed by atoms with Gasteiger partial charge in [0.2, 0.25) is 0 Å². The number of allylic oxidation sites excluding steroid dienone is 1. The van der Waals surface area contributed by atoms with E-state index >= 15 is 0 Å². The first-order valence-corrected chi connectivity index (χ1v) is 5.99. The molecular formula is C15H10N2O3. The van der Waals surface area contributed by atoms with E-state index < -0.39 is 5.97 Å². The minimum Gasteiger partial charge on any atom is -0.507 e. The SMILES string of the molecule is N#Cc1cn(-c2ccc(C(=O)O)c(O)c2)c2c1CC=C2. The standard InChI is InChI=1S/C15H10N2O3/c16-7-9-8-17(13-3-1-2-11(9)13)10-4-5-12(15(19)20)14(18)6-10/h1,3-6,8,18H,2H2,(H,19,20). The van der Waals surface area contributed by atoms with Crippen molar-refractivity contribution in [1.82, 2.24) is 4.57 Å². The second-order valence-electron chi connectivity index (χ2n) is 4.50. The summed E-state index contributed by atoms with van der Waals surface area (Å²) in [4.78, 5) is 10.9. The Labute approximate surface area is 114 Å². The quantitative estimate of drug-likeness (QED) is 0.873. The Balaban J connectivity index is 2.16. The first-order chi connectivity index (χ1) is 9.61. The van der Waals surface area contributed by atoms with Gasteiger partial charge < -0.3 is 14.8 Å². The minimum atomic E-state index is -1.18. The number of aromatic carboxylic acids is 1. The minimum absolute atomic E-state index is 0.145. The van der Waals surface area contributed by atoms with Crippen LogP contribution in [0, 0.1) is 11.3 Å². The van der Waals surface area contributed by atoms with Crippen molar-refractivity contribution < 1.29 is 15.0 Å². The van der Waals surface area contributed by atoms with E-state index in [9.17, 15) is 9.90 Å². The van der Waals surface area contributed by atoms with Crippen LogP contribution in [0.2, 0.25) is 0 Å². The molecule has 5 heteroatoms. The zero-order chi connectivity index (χ0) is 14.3. The third kappa shape index (κ3) is 1.67. The van der Waals surface area contributed by atoms with Crippen LogP contribution in [-0.4, -0.2) is 20.7 Å². The van der Waals surface area contributed by atoms with E-state index in [0.717, 1.165) is 11.3 Å². The number of carboxylic acid groups (broad SMARTS) is 1. The lowest BCUT2D eigenvalue weighted by molar-refractivity contribution is 0.0694. The highest BCUT2D eigenvalue weighted by atomic mass is 16.4. The molecule has 0 atom stereocenters. The highest BCUT2D eigenvalue weighted by Crippen LogP contribution is 2.30. The lowest BCUT2D eigenvalue weighted by Gasteiger charge is -2.08. The van der Waals surface area contributed by atoms with Gasteiger partial charge in [-0.15, -0.1) is 0 Å². The fourth-order valence-corrected chi connectivity index (χ4v) is 2.40. The summed E-state index contributed by atoms with van der Waals surface area (Å²) in [6, 6.07) is 6.49. The predicted octanol–water partition coefficient (Wildman–Crippen LogP) is 2.32. The van der Waals surface area contributed by atoms with Gasteiger partial charge in [0.25, 0.3) is 0 Å². The molecule has 1 aromatic carbocycles. The number of carbonyl (C=O) groups is 1. The van der Waals surface area contributed by atoms with E-state index in [2.05, 4.69) is 6.07 Å². The number of nitrogens with zero attached hydrogens (tertiary/aromatic N) is 2. The zero-order valence-corrected chi connectivity index (χ0v) is 10.4. The maximum absolute atomic E-state index is 10.9. The number of carboxylic acids is 1. The molecule has 5 nitrogen and oxygen atoms in total. The normalized spacial score (nSPS) is 12.2. The van der Waals surface area contributed by atoms with Gasteiger partial charge >= 0.3 is 5.97 Å². The van der Waals surface area contributed by atoms with Crippen molar-refractivity contribution in [1.29, 1.82) is 5.26 Å². The molecule has 1 aliphatic carbocycles. The van der Waals surface area contributed by atoms with Crippen molar-refractivity contribution in [2.24, 2.45) is 0 Å². The van der Waals surface area contributed by atoms with E-state index in [4.69, 9.17) is 10.4 Å². The lowest BCUT2D eigenvalue weighted by atomic mass is 10.1. The van der Waals surface area contributed by atoms with Crippen molar-refractivity contribution in [3.05, 3.63) is 52.9 Å². The van der Waals surface area contributed by atoms with E-state index in [0.29, 0.717) is 17.7 Å². The van der Waals surface area contributed by atoms with Crippen LogP contribution >= 0.6 is 0 Å². The maximum Gasteiger partial charge on any atom is 0.339 e. The van der Waals surface area contributed by atoms with E-state index in [1.165, 1.54) is 12.1 Å². The van der Waals surface area contributed by atoms with Crippen LogP contribution in [0.3, 0.4) is 0 Å². The number of aromatic nitrogens is 1. The fourth-order valence-electron chi connectivity index (χ4n) is 2.40. The summed E-state index contributed by atoms with van der Waals surface area (Å²) in [7, 11) is 0. The number of nitriles is 1.